The number of hydrogen-bond acceptors (Lipinski definition) is 5. The fourth-order valence-corrected chi connectivity index (χ4v) is 3.14. The van der Waals surface area contributed by atoms with E-state index in [9.17, 15) is 14.4 Å². The van der Waals surface area contributed by atoms with Crippen molar-refractivity contribution in [2.45, 2.75) is 39.5 Å². The predicted molar refractivity (Wildman–Crippen MR) is 104 cm³/mol. The first-order chi connectivity index (χ1) is 13.5. The lowest BCUT2D eigenvalue weighted by molar-refractivity contribution is -0.135. The van der Waals surface area contributed by atoms with Crippen molar-refractivity contribution in [2.75, 3.05) is 26.8 Å². The number of methoxy groups -OCH3 is 1. The van der Waals surface area contributed by atoms with E-state index >= 15 is 0 Å². The Morgan fingerprint density at radius 1 is 1.11 bits per heavy atom. The number of hydrazine groups is 1. The minimum atomic E-state index is -0.440. The van der Waals surface area contributed by atoms with Gasteiger partial charge in [-0.1, -0.05) is 6.92 Å². The van der Waals surface area contributed by atoms with E-state index < -0.39 is 5.91 Å². The van der Waals surface area contributed by atoms with Crippen LogP contribution in [0.5, 0.6) is 11.5 Å². The summed E-state index contributed by atoms with van der Waals surface area (Å²) < 4.78 is 10.7. The third-order valence-corrected chi connectivity index (χ3v) is 4.71. The van der Waals surface area contributed by atoms with Gasteiger partial charge in [-0.2, -0.15) is 0 Å². The van der Waals surface area contributed by atoms with Crippen molar-refractivity contribution in [3.8, 4) is 11.5 Å². The van der Waals surface area contributed by atoms with Crippen LogP contribution < -0.4 is 20.3 Å². The minimum absolute atomic E-state index is 0.138. The molecule has 8 nitrogen and oxygen atoms in total. The van der Waals surface area contributed by atoms with Crippen LogP contribution in [0.1, 0.15) is 49.9 Å². The number of carbonyl (C=O) groups is 3. The summed E-state index contributed by atoms with van der Waals surface area (Å²) in [5, 5.41) is 0. The van der Waals surface area contributed by atoms with E-state index in [0.29, 0.717) is 56.0 Å². The van der Waals surface area contributed by atoms with Crippen molar-refractivity contribution in [1.29, 1.82) is 0 Å². The molecule has 154 valence electrons. The molecule has 0 unspecified atom stereocenters. The molecule has 28 heavy (non-hydrogen) atoms. The van der Waals surface area contributed by atoms with Crippen LogP contribution in [-0.4, -0.2) is 49.4 Å². The molecule has 0 atom stereocenters. The molecule has 2 rings (SSSR count). The summed E-state index contributed by atoms with van der Waals surface area (Å²) in [4.78, 5) is 38.3. The summed E-state index contributed by atoms with van der Waals surface area (Å²) in [6.45, 7) is 5.46. The maximum Gasteiger partial charge on any atom is 0.269 e. The first-order valence-corrected chi connectivity index (χ1v) is 9.68. The zero-order valence-corrected chi connectivity index (χ0v) is 16.7. The van der Waals surface area contributed by atoms with Crippen LogP contribution in [0.4, 0.5) is 0 Å². The molecule has 0 saturated carbocycles. The molecule has 1 aliphatic rings. The second-order valence-corrected chi connectivity index (χ2v) is 6.65. The summed E-state index contributed by atoms with van der Waals surface area (Å²) in [5.74, 6) is 0.235. The molecule has 2 N–H and O–H groups in total. The normalized spacial score (nSPS) is 14.3. The molecule has 1 aromatic carbocycles. The van der Waals surface area contributed by atoms with E-state index in [2.05, 4.69) is 10.9 Å². The molecular weight excluding hydrogens is 362 g/mol. The highest BCUT2D eigenvalue weighted by atomic mass is 16.5. The van der Waals surface area contributed by atoms with Gasteiger partial charge in [0.1, 0.15) is 0 Å². The van der Waals surface area contributed by atoms with Crippen molar-refractivity contribution < 1.29 is 23.9 Å². The predicted octanol–water partition coefficient (Wildman–Crippen LogP) is 1.89. The molecule has 1 fully saturated rings. The van der Waals surface area contributed by atoms with Gasteiger partial charge in [0.2, 0.25) is 11.8 Å². The highest BCUT2D eigenvalue weighted by molar-refractivity contribution is 5.96. The smallest absolute Gasteiger partial charge is 0.269 e. The lowest BCUT2D eigenvalue weighted by Gasteiger charge is -2.31. The quantitative estimate of drug-likeness (QED) is 0.692. The highest BCUT2D eigenvalue weighted by Gasteiger charge is 2.27. The van der Waals surface area contributed by atoms with Crippen LogP contribution >= 0.6 is 0 Å². The summed E-state index contributed by atoms with van der Waals surface area (Å²) >= 11 is 0. The van der Waals surface area contributed by atoms with Gasteiger partial charge in [0, 0.05) is 31.0 Å². The Balaban J connectivity index is 1.84. The summed E-state index contributed by atoms with van der Waals surface area (Å²) in [6, 6.07) is 4.82. The van der Waals surface area contributed by atoms with E-state index in [1.165, 1.54) is 7.11 Å². The number of likely N-dealkylation sites (tertiary alicyclic amines) is 1. The van der Waals surface area contributed by atoms with Gasteiger partial charge in [0.05, 0.1) is 13.7 Å². The number of amides is 3. The second kappa shape index (κ2) is 10.5. The largest absolute Gasteiger partial charge is 0.493 e. The lowest BCUT2D eigenvalue weighted by atomic mass is 9.96. The van der Waals surface area contributed by atoms with Crippen molar-refractivity contribution >= 4 is 17.7 Å². The highest BCUT2D eigenvalue weighted by Crippen LogP contribution is 2.28. The number of nitrogens with zero attached hydrogens (tertiary/aromatic N) is 1. The van der Waals surface area contributed by atoms with Gasteiger partial charge in [0.15, 0.2) is 11.5 Å². The number of nitrogens with one attached hydrogen (secondary N) is 2. The molecule has 1 aliphatic heterocycles. The van der Waals surface area contributed by atoms with Crippen LogP contribution in [0, 0.1) is 5.92 Å². The zero-order chi connectivity index (χ0) is 20.5. The third-order valence-electron chi connectivity index (χ3n) is 4.71. The minimum Gasteiger partial charge on any atom is -0.493 e. The van der Waals surface area contributed by atoms with Gasteiger partial charge in [0.25, 0.3) is 5.91 Å². The van der Waals surface area contributed by atoms with Crippen LogP contribution in [0.15, 0.2) is 18.2 Å². The molecule has 1 heterocycles. The van der Waals surface area contributed by atoms with Gasteiger partial charge in [-0.3, -0.25) is 25.2 Å². The fourth-order valence-electron chi connectivity index (χ4n) is 3.14. The average molecular weight is 391 g/mol. The third kappa shape index (κ3) is 5.61. The first kappa shape index (κ1) is 21.5. The molecule has 0 bridgehead atoms. The standard InChI is InChI=1S/C20H29N3O5/c1-4-6-18(24)23-11-9-14(10-12-23)19(25)21-22-20(26)15-7-8-16(28-5-2)17(13-15)27-3/h7-8,13-14H,4-6,9-12H2,1-3H3,(H,21,25)(H,22,26). The van der Waals surface area contributed by atoms with Crippen molar-refractivity contribution in [3.63, 3.8) is 0 Å². The van der Waals surface area contributed by atoms with E-state index in [4.69, 9.17) is 9.47 Å². The molecule has 8 heteroatoms. The van der Waals surface area contributed by atoms with Crippen molar-refractivity contribution in [2.24, 2.45) is 5.92 Å². The Kier molecular flexibility index (Phi) is 8.10. The number of piperidine rings is 1. The maximum absolute atomic E-state index is 12.3. The van der Waals surface area contributed by atoms with Gasteiger partial charge in [-0.25, -0.2) is 0 Å². The fraction of sp³-hybridized carbons (Fsp3) is 0.550. The Morgan fingerprint density at radius 3 is 2.43 bits per heavy atom. The number of carbonyl (C=O) groups excluding carboxylic acids is 3. The van der Waals surface area contributed by atoms with Crippen LogP contribution in [-0.2, 0) is 9.59 Å². The molecule has 1 saturated heterocycles. The van der Waals surface area contributed by atoms with Crippen LogP contribution in [0.3, 0.4) is 0 Å². The van der Waals surface area contributed by atoms with E-state index in [0.717, 1.165) is 6.42 Å². The summed E-state index contributed by atoms with van der Waals surface area (Å²) in [7, 11) is 1.50. The second-order valence-electron chi connectivity index (χ2n) is 6.65. The Morgan fingerprint density at radius 2 is 1.82 bits per heavy atom. The van der Waals surface area contributed by atoms with Gasteiger partial charge in [-0.05, 0) is 44.4 Å². The average Bonchev–Trinajstić information content (AvgIpc) is 2.72. The number of benzene rings is 1. The number of rotatable bonds is 7. The van der Waals surface area contributed by atoms with Crippen molar-refractivity contribution in [1.82, 2.24) is 15.8 Å². The van der Waals surface area contributed by atoms with E-state index in [-0.39, 0.29) is 17.7 Å². The Labute approximate surface area is 165 Å². The van der Waals surface area contributed by atoms with Crippen LogP contribution in [0.2, 0.25) is 0 Å². The SMILES string of the molecule is CCCC(=O)N1CCC(C(=O)NNC(=O)c2ccc(OCC)c(OC)c2)CC1. The molecule has 0 aromatic heterocycles. The van der Waals surface area contributed by atoms with E-state index in [1.54, 1.807) is 23.1 Å². The van der Waals surface area contributed by atoms with E-state index in [1.807, 2.05) is 13.8 Å². The van der Waals surface area contributed by atoms with Gasteiger partial charge >= 0.3 is 0 Å². The number of ether oxygens (including phenoxy) is 2. The first-order valence-electron chi connectivity index (χ1n) is 9.68. The number of hydrogen-bond donors (Lipinski definition) is 2. The Bertz CT molecular complexity index is 699. The zero-order valence-electron chi connectivity index (χ0n) is 16.7. The summed E-state index contributed by atoms with van der Waals surface area (Å²) in [5.41, 5.74) is 5.27. The molecule has 0 radical (unpaired) electrons. The Hall–Kier alpha value is -2.77. The molecular formula is C20H29N3O5. The lowest BCUT2D eigenvalue weighted by Crippen LogP contribution is -2.48. The molecule has 1 aromatic rings. The van der Waals surface area contributed by atoms with Crippen molar-refractivity contribution in [3.05, 3.63) is 23.8 Å². The monoisotopic (exact) mass is 391 g/mol. The van der Waals surface area contributed by atoms with Gasteiger partial charge < -0.3 is 14.4 Å². The topological polar surface area (TPSA) is 97.0 Å². The maximum atomic E-state index is 12.3. The van der Waals surface area contributed by atoms with Gasteiger partial charge in [-0.15, -0.1) is 0 Å². The summed E-state index contributed by atoms with van der Waals surface area (Å²) in [6.07, 6.45) is 2.54. The molecule has 0 spiro atoms. The molecule has 3 amide bonds. The van der Waals surface area contributed by atoms with Crippen LogP contribution in [0.25, 0.3) is 0 Å². The molecule has 0 aliphatic carbocycles.